The number of rotatable bonds is 5. The van der Waals surface area contributed by atoms with E-state index in [0.717, 1.165) is 22.1 Å². The summed E-state index contributed by atoms with van der Waals surface area (Å²) in [6, 6.07) is 64.1. The molecule has 0 amide bonds. The third kappa shape index (κ3) is 4.15. The van der Waals surface area contributed by atoms with E-state index >= 15 is 0 Å². The Hall–Kier alpha value is -5.73. The van der Waals surface area contributed by atoms with Gasteiger partial charge >= 0.3 is 0 Å². The molecule has 0 fully saturated rings. The monoisotopic (exact) mass is 632 g/mol. The first kappa shape index (κ1) is 27.6. The van der Waals surface area contributed by atoms with Crippen LogP contribution in [0.15, 0.2) is 170 Å². The number of para-hydroxylation sites is 1. The highest BCUT2D eigenvalue weighted by atomic mass is 32.1. The van der Waals surface area contributed by atoms with Crippen LogP contribution in [0.3, 0.4) is 0 Å². The fourth-order valence-corrected chi connectivity index (χ4v) is 14.1. The molecule has 0 aliphatic heterocycles. The fraction of sp³-hybridized carbons (Fsp3) is 0. The lowest BCUT2D eigenvalue weighted by Crippen LogP contribution is -2.74. The van der Waals surface area contributed by atoms with E-state index in [-0.39, 0.29) is 0 Å². The maximum absolute atomic E-state index is 9.75. The highest BCUT2D eigenvalue weighted by Gasteiger charge is 2.42. The molecule has 220 valence electrons. The molecule has 0 aliphatic carbocycles. The fourth-order valence-electron chi connectivity index (χ4n) is 7.57. The van der Waals surface area contributed by atoms with Crippen molar-refractivity contribution in [1.82, 2.24) is 4.57 Å². The number of benzene rings is 7. The highest BCUT2D eigenvalue weighted by molar-refractivity contribution is 7.30. The molecular formula is C43H28N2SSi. The van der Waals surface area contributed by atoms with Gasteiger partial charge in [-0.15, -0.1) is 11.3 Å². The van der Waals surface area contributed by atoms with Gasteiger partial charge in [-0.1, -0.05) is 133 Å². The van der Waals surface area contributed by atoms with Crippen LogP contribution in [0.2, 0.25) is 0 Å². The van der Waals surface area contributed by atoms with Gasteiger partial charge in [0.15, 0.2) is 8.07 Å². The number of thiophene rings is 1. The van der Waals surface area contributed by atoms with Crippen molar-refractivity contribution in [3.05, 3.63) is 175 Å². The topological polar surface area (TPSA) is 28.7 Å². The molecule has 9 aromatic rings. The van der Waals surface area contributed by atoms with Crippen molar-refractivity contribution in [2.75, 3.05) is 0 Å². The molecule has 7 aromatic carbocycles. The Morgan fingerprint density at radius 3 is 1.74 bits per heavy atom. The average Bonchev–Trinajstić information content (AvgIpc) is 3.68. The van der Waals surface area contributed by atoms with Gasteiger partial charge in [-0.25, -0.2) is 0 Å². The van der Waals surface area contributed by atoms with Crippen LogP contribution in [-0.4, -0.2) is 12.6 Å². The summed E-state index contributed by atoms with van der Waals surface area (Å²) in [7, 11) is -2.70. The van der Waals surface area contributed by atoms with E-state index in [9.17, 15) is 5.26 Å². The number of nitrogens with zero attached hydrogens (tertiary/aromatic N) is 2. The maximum Gasteiger partial charge on any atom is 0.181 e. The second kappa shape index (κ2) is 11.0. The summed E-state index contributed by atoms with van der Waals surface area (Å²) < 4.78 is 4.93. The van der Waals surface area contributed by atoms with Crippen LogP contribution in [0, 0.1) is 11.3 Å². The zero-order valence-electron chi connectivity index (χ0n) is 25.5. The van der Waals surface area contributed by atoms with Crippen LogP contribution in [-0.2, 0) is 0 Å². The molecule has 2 nitrogen and oxygen atoms in total. The predicted octanol–water partition coefficient (Wildman–Crippen LogP) is 8.40. The quantitative estimate of drug-likeness (QED) is 0.138. The second-order valence-corrected chi connectivity index (χ2v) is 16.8. The summed E-state index contributed by atoms with van der Waals surface area (Å²) in [6.45, 7) is 0. The molecule has 0 aliphatic rings. The maximum atomic E-state index is 9.75. The first-order chi connectivity index (χ1) is 23.3. The van der Waals surface area contributed by atoms with Gasteiger partial charge < -0.3 is 4.57 Å². The van der Waals surface area contributed by atoms with Gasteiger partial charge in [0.25, 0.3) is 0 Å². The molecule has 2 heterocycles. The van der Waals surface area contributed by atoms with Gasteiger partial charge in [0.2, 0.25) is 0 Å². The summed E-state index contributed by atoms with van der Waals surface area (Å²) >= 11 is 1.90. The number of fused-ring (bicyclic) bond motifs is 6. The molecular weight excluding hydrogens is 605 g/mol. The summed E-state index contributed by atoms with van der Waals surface area (Å²) in [6.07, 6.45) is 0. The number of hydrogen-bond donors (Lipinski definition) is 0. The Labute approximate surface area is 278 Å². The zero-order valence-corrected chi connectivity index (χ0v) is 27.3. The largest absolute Gasteiger partial charge is 0.309 e. The van der Waals surface area contributed by atoms with Crippen LogP contribution < -0.4 is 20.7 Å². The lowest BCUT2D eigenvalue weighted by molar-refractivity contribution is 1.19. The predicted molar refractivity (Wildman–Crippen MR) is 202 cm³/mol. The Morgan fingerprint density at radius 1 is 0.489 bits per heavy atom. The second-order valence-electron chi connectivity index (χ2n) is 12.0. The summed E-state index contributed by atoms with van der Waals surface area (Å²) in [5, 5.41) is 20.2. The lowest BCUT2D eigenvalue weighted by atomic mass is 10.1. The SMILES string of the molecule is N#Cc1ccc2c3ccccc3n(-c3ccc4sc5c([Si](c6ccccc6)(c6ccccc6)c6ccccc6)cccc5c4c3)c2c1. The van der Waals surface area contributed by atoms with Crippen molar-refractivity contribution in [2.24, 2.45) is 0 Å². The molecule has 9 rings (SSSR count). The van der Waals surface area contributed by atoms with Gasteiger partial charge in [-0.2, -0.15) is 5.26 Å². The van der Waals surface area contributed by atoms with E-state index < -0.39 is 8.07 Å². The van der Waals surface area contributed by atoms with Gasteiger partial charge in [0.1, 0.15) is 0 Å². The Morgan fingerprint density at radius 2 is 1.09 bits per heavy atom. The smallest absolute Gasteiger partial charge is 0.181 e. The van der Waals surface area contributed by atoms with E-state index in [0.29, 0.717) is 5.56 Å². The molecule has 0 bridgehead atoms. The first-order valence-electron chi connectivity index (χ1n) is 15.8. The molecule has 0 atom stereocenters. The van der Waals surface area contributed by atoms with E-state index in [1.54, 1.807) is 0 Å². The minimum atomic E-state index is -2.70. The normalized spacial score (nSPS) is 11.8. The molecule has 2 aromatic heterocycles. The number of nitriles is 1. The van der Waals surface area contributed by atoms with Crippen LogP contribution >= 0.6 is 11.3 Å². The molecule has 47 heavy (non-hydrogen) atoms. The molecule has 0 saturated heterocycles. The molecule has 0 spiro atoms. The van der Waals surface area contributed by atoms with Crippen molar-refractivity contribution in [2.45, 2.75) is 0 Å². The van der Waals surface area contributed by atoms with E-state index in [1.165, 1.54) is 46.3 Å². The van der Waals surface area contributed by atoms with Crippen LogP contribution in [0.1, 0.15) is 5.56 Å². The zero-order chi connectivity index (χ0) is 31.4. The van der Waals surface area contributed by atoms with E-state index in [4.69, 9.17) is 0 Å². The van der Waals surface area contributed by atoms with Gasteiger partial charge in [0.05, 0.1) is 22.7 Å². The van der Waals surface area contributed by atoms with Crippen molar-refractivity contribution in [3.8, 4) is 11.8 Å². The van der Waals surface area contributed by atoms with E-state index in [2.05, 4.69) is 168 Å². The Bertz CT molecular complexity index is 2530. The van der Waals surface area contributed by atoms with E-state index in [1.807, 2.05) is 23.5 Å². The summed E-state index contributed by atoms with van der Waals surface area (Å²) in [5.41, 5.74) is 3.95. The van der Waals surface area contributed by atoms with Crippen molar-refractivity contribution >= 4 is 82.1 Å². The number of aromatic nitrogens is 1. The Kier molecular flexibility index (Phi) is 6.43. The molecule has 0 radical (unpaired) electrons. The first-order valence-corrected chi connectivity index (χ1v) is 18.6. The van der Waals surface area contributed by atoms with Crippen molar-refractivity contribution < 1.29 is 0 Å². The van der Waals surface area contributed by atoms with Crippen LogP contribution in [0.5, 0.6) is 0 Å². The minimum Gasteiger partial charge on any atom is -0.309 e. The third-order valence-electron chi connectivity index (χ3n) is 9.57. The van der Waals surface area contributed by atoms with Gasteiger partial charge in [-0.3, -0.25) is 0 Å². The minimum absolute atomic E-state index is 0.664. The van der Waals surface area contributed by atoms with Gasteiger partial charge in [-0.05, 0) is 57.1 Å². The highest BCUT2D eigenvalue weighted by Crippen LogP contribution is 2.38. The van der Waals surface area contributed by atoms with Crippen LogP contribution in [0.4, 0.5) is 0 Å². The molecule has 0 unspecified atom stereocenters. The lowest BCUT2D eigenvalue weighted by Gasteiger charge is -2.34. The molecule has 0 N–H and O–H groups in total. The molecule has 0 saturated carbocycles. The third-order valence-corrected chi connectivity index (χ3v) is 15.8. The van der Waals surface area contributed by atoms with Gasteiger partial charge in [0, 0.05) is 36.6 Å². The van der Waals surface area contributed by atoms with Crippen molar-refractivity contribution in [1.29, 1.82) is 5.26 Å². The van der Waals surface area contributed by atoms with Crippen LogP contribution in [0.25, 0.3) is 47.7 Å². The average molecular weight is 633 g/mol. The standard InChI is InChI=1S/C43H28N2SSi/c44-29-30-23-25-36-35-19-10-11-21-39(35)45(40(36)27-30)31-24-26-41-38(28-31)37-20-12-22-42(43(37)46-41)47(32-13-4-1-5-14-32,33-15-6-2-7-16-33)34-17-8-3-9-18-34/h1-28H. The van der Waals surface area contributed by atoms with Crippen molar-refractivity contribution in [3.63, 3.8) is 0 Å². The molecule has 4 heteroatoms. The summed E-state index contributed by atoms with van der Waals surface area (Å²) in [4.78, 5) is 0. The number of hydrogen-bond acceptors (Lipinski definition) is 2. The Balaban J connectivity index is 1.36. The summed E-state index contributed by atoms with van der Waals surface area (Å²) in [5.74, 6) is 0.